The Labute approximate surface area is 191 Å². The molecule has 1 amide bonds. The van der Waals surface area contributed by atoms with Crippen molar-refractivity contribution in [2.45, 2.75) is 45.3 Å². The second kappa shape index (κ2) is 10.6. The van der Waals surface area contributed by atoms with Crippen molar-refractivity contribution in [2.24, 2.45) is 10.9 Å². The minimum atomic E-state index is 0.121. The number of amides is 1. The van der Waals surface area contributed by atoms with Crippen LogP contribution in [0.5, 0.6) is 0 Å². The highest BCUT2D eigenvalue weighted by Crippen LogP contribution is 2.33. The van der Waals surface area contributed by atoms with E-state index in [1.54, 1.807) is 7.05 Å². The number of nitrogens with one attached hydrogen (secondary N) is 2. The Balaban J connectivity index is 1.29. The van der Waals surface area contributed by atoms with Crippen molar-refractivity contribution in [3.8, 4) is 0 Å². The molecule has 0 radical (unpaired) electrons. The fraction of sp³-hybridized carbons (Fsp3) is 0.462. The van der Waals surface area contributed by atoms with E-state index in [0.29, 0.717) is 18.9 Å². The van der Waals surface area contributed by atoms with Gasteiger partial charge in [-0.1, -0.05) is 42.0 Å². The Morgan fingerprint density at radius 2 is 1.88 bits per heavy atom. The van der Waals surface area contributed by atoms with Gasteiger partial charge in [0.1, 0.15) is 0 Å². The molecule has 2 saturated heterocycles. The van der Waals surface area contributed by atoms with Crippen LogP contribution in [0.2, 0.25) is 0 Å². The number of benzene rings is 2. The first-order valence-electron chi connectivity index (χ1n) is 11.7. The molecule has 2 aromatic rings. The second-order valence-corrected chi connectivity index (χ2v) is 8.73. The molecule has 0 spiro atoms. The molecule has 6 heteroatoms. The van der Waals surface area contributed by atoms with Gasteiger partial charge in [0.05, 0.1) is 6.10 Å². The number of aryl methyl sites for hydroxylation is 1. The van der Waals surface area contributed by atoms with Crippen LogP contribution >= 0.6 is 0 Å². The largest absolute Gasteiger partial charge is 0.373 e. The lowest BCUT2D eigenvalue weighted by Gasteiger charge is -2.32. The maximum absolute atomic E-state index is 11.9. The zero-order valence-electron chi connectivity index (χ0n) is 19.1. The Bertz CT molecular complexity index is 924. The van der Waals surface area contributed by atoms with E-state index in [1.165, 1.54) is 11.1 Å². The fourth-order valence-corrected chi connectivity index (χ4v) is 4.53. The zero-order chi connectivity index (χ0) is 22.3. The Morgan fingerprint density at radius 3 is 2.56 bits per heavy atom. The first-order valence-corrected chi connectivity index (χ1v) is 11.7. The normalized spacial score (nSPS) is 21.6. The fourth-order valence-electron chi connectivity index (χ4n) is 4.53. The van der Waals surface area contributed by atoms with Gasteiger partial charge in [-0.15, -0.1) is 0 Å². The van der Waals surface area contributed by atoms with Crippen molar-refractivity contribution < 1.29 is 9.53 Å². The topological polar surface area (TPSA) is 66.0 Å². The Kier molecular flexibility index (Phi) is 7.43. The summed E-state index contributed by atoms with van der Waals surface area (Å²) in [5.41, 5.74) is 4.66. The number of aliphatic imine (C=N–C) groups is 1. The van der Waals surface area contributed by atoms with E-state index in [1.807, 2.05) is 17.0 Å². The number of rotatable bonds is 6. The summed E-state index contributed by atoms with van der Waals surface area (Å²) >= 11 is 0. The first kappa shape index (κ1) is 22.3. The van der Waals surface area contributed by atoms with E-state index in [4.69, 9.17) is 4.74 Å². The standard InChI is InChI=1S/C26H34N4O2/c1-19-7-11-21(12-8-19)25-22(5-4-16-32-25)18-29-26(27-2)28-17-20-9-13-23(14-10-20)30-15-3-6-24(30)31/h7-14,22,25H,3-6,15-18H2,1-2H3,(H2,27,28,29). The van der Waals surface area contributed by atoms with E-state index in [-0.39, 0.29) is 12.0 Å². The third-order valence-corrected chi connectivity index (χ3v) is 6.39. The summed E-state index contributed by atoms with van der Waals surface area (Å²) in [6.07, 6.45) is 3.95. The zero-order valence-corrected chi connectivity index (χ0v) is 19.1. The van der Waals surface area contributed by atoms with Gasteiger partial charge in [0.15, 0.2) is 5.96 Å². The number of hydrogen-bond donors (Lipinski definition) is 2. The van der Waals surface area contributed by atoms with Gasteiger partial charge < -0.3 is 20.3 Å². The van der Waals surface area contributed by atoms with Gasteiger partial charge in [-0.05, 0) is 49.4 Å². The number of carbonyl (C=O) groups excluding carboxylic acids is 1. The quantitative estimate of drug-likeness (QED) is 0.534. The van der Waals surface area contributed by atoms with E-state index in [9.17, 15) is 4.79 Å². The highest BCUT2D eigenvalue weighted by atomic mass is 16.5. The van der Waals surface area contributed by atoms with Crippen LogP contribution in [0.4, 0.5) is 5.69 Å². The molecule has 2 atom stereocenters. The molecule has 2 aliphatic heterocycles. The van der Waals surface area contributed by atoms with Crippen LogP contribution in [0.15, 0.2) is 53.5 Å². The SMILES string of the molecule is CN=C(NCc1ccc(N2CCCC2=O)cc1)NCC1CCCOC1c1ccc(C)cc1. The van der Waals surface area contributed by atoms with E-state index < -0.39 is 0 Å². The van der Waals surface area contributed by atoms with E-state index in [0.717, 1.165) is 56.2 Å². The molecule has 2 N–H and O–H groups in total. The minimum absolute atomic E-state index is 0.121. The second-order valence-electron chi connectivity index (χ2n) is 8.73. The van der Waals surface area contributed by atoms with Gasteiger partial charge in [0.25, 0.3) is 0 Å². The van der Waals surface area contributed by atoms with Crippen LogP contribution in [-0.4, -0.2) is 38.6 Å². The summed E-state index contributed by atoms with van der Waals surface area (Å²) in [4.78, 5) is 18.2. The molecule has 0 bridgehead atoms. The van der Waals surface area contributed by atoms with Crippen LogP contribution in [-0.2, 0) is 16.1 Å². The summed E-state index contributed by atoms with van der Waals surface area (Å²) in [6.45, 7) is 5.24. The van der Waals surface area contributed by atoms with Gasteiger partial charge in [-0.3, -0.25) is 9.79 Å². The van der Waals surface area contributed by atoms with Crippen molar-refractivity contribution >= 4 is 17.6 Å². The molecule has 4 rings (SSSR count). The molecule has 170 valence electrons. The molecule has 6 nitrogen and oxygen atoms in total. The van der Waals surface area contributed by atoms with Crippen LogP contribution in [0.25, 0.3) is 0 Å². The third-order valence-electron chi connectivity index (χ3n) is 6.39. The van der Waals surface area contributed by atoms with Gasteiger partial charge in [-0.2, -0.15) is 0 Å². The van der Waals surface area contributed by atoms with Crippen LogP contribution in [0, 0.1) is 12.8 Å². The number of carbonyl (C=O) groups is 1. The predicted octanol–water partition coefficient (Wildman–Crippen LogP) is 3.95. The predicted molar refractivity (Wildman–Crippen MR) is 129 cm³/mol. The molecular weight excluding hydrogens is 400 g/mol. The molecular formula is C26H34N4O2. The van der Waals surface area contributed by atoms with Crippen LogP contribution < -0.4 is 15.5 Å². The Morgan fingerprint density at radius 1 is 1.09 bits per heavy atom. The molecule has 2 fully saturated rings. The van der Waals surface area contributed by atoms with Crippen molar-refractivity contribution in [1.82, 2.24) is 10.6 Å². The van der Waals surface area contributed by atoms with Crippen LogP contribution in [0.3, 0.4) is 0 Å². The third kappa shape index (κ3) is 5.49. The Hall–Kier alpha value is -2.86. The number of guanidine groups is 1. The van der Waals surface area contributed by atoms with E-state index >= 15 is 0 Å². The molecule has 2 heterocycles. The minimum Gasteiger partial charge on any atom is -0.373 e. The summed E-state index contributed by atoms with van der Waals surface area (Å²) in [7, 11) is 1.80. The highest BCUT2D eigenvalue weighted by Gasteiger charge is 2.27. The lowest BCUT2D eigenvalue weighted by Crippen LogP contribution is -2.41. The van der Waals surface area contributed by atoms with Crippen molar-refractivity contribution in [3.63, 3.8) is 0 Å². The molecule has 2 aromatic carbocycles. The van der Waals surface area contributed by atoms with Gasteiger partial charge in [-0.25, -0.2) is 0 Å². The molecule has 0 aromatic heterocycles. The van der Waals surface area contributed by atoms with Gasteiger partial charge in [0.2, 0.25) is 5.91 Å². The molecule has 0 saturated carbocycles. The summed E-state index contributed by atoms with van der Waals surface area (Å²) < 4.78 is 6.14. The summed E-state index contributed by atoms with van der Waals surface area (Å²) in [5, 5.41) is 6.89. The smallest absolute Gasteiger partial charge is 0.227 e. The molecule has 2 aliphatic rings. The monoisotopic (exact) mass is 434 g/mol. The molecule has 32 heavy (non-hydrogen) atoms. The van der Waals surface area contributed by atoms with Gasteiger partial charge in [0, 0.05) is 51.3 Å². The van der Waals surface area contributed by atoms with E-state index in [2.05, 4.69) is 58.9 Å². The number of hydrogen-bond acceptors (Lipinski definition) is 3. The van der Waals surface area contributed by atoms with Crippen molar-refractivity contribution in [2.75, 3.05) is 31.6 Å². The first-order chi connectivity index (χ1) is 15.6. The van der Waals surface area contributed by atoms with Crippen LogP contribution in [0.1, 0.15) is 48.5 Å². The maximum Gasteiger partial charge on any atom is 0.227 e. The molecule has 0 aliphatic carbocycles. The maximum atomic E-state index is 11.9. The average Bonchev–Trinajstić information content (AvgIpc) is 3.26. The number of ether oxygens (including phenoxy) is 1. The van der Waals surface area contributed by atoms with Crippen molar-refractivity contribution in [1.29, 1.82) is 0 Å². The number of nitrogens with zero attached hydrogens (tertiary/aromatic N) is 2. The number of anilines is 1. The lowest BCUT2D eigenvalue weighted by atomic mass is 9.89. The lowest BCUT2D eigenvalue weighted by molar-refractivity contribution is -0.117. The average molecular weight is 435 g/mol. The summed E-state index contributed by atoms with van der Waals surface area (Å²) in [5.74, 6) is 1.41. The summed E-state index contributed by atoms with van der Waals surface area (Å²) in [6, 6.07) is 16.9. The van der Waals surface area contributed by atoms with Crippen molar-refractivity contribution in [3.05, 3.63) is 65.2 Å². The highest BCUT2D eigenvalue weighted by molar-refractivity contribution is 5.95. The molecule has 2 unspecified atom stereocenters. The van der Waals surface area contributed by atoms with Gasteiger partial charge >= 0.3 is 0 Å².